The van der Waals surface area contributed by atoms with E-state index in [1.807, 2.05) is 20.8 Å². The molecule has 0 heterocycles. The smallest absolute Gasteiger partial charge is 0.190 e. The molecule has 0 amide bonds. The molecule has 4 nitrogen and oxygen atoms in total. The van der Waals surface area contributed by atoms with Crippen molar-refractivity contribution in [3.63, 3.8) is 0 Å². The molecule has 0 radical (unpaired) electrons. The molecule has 0 bridgehead atoms. The van der Waals surface area contributed by atoms with Crippen molar-refractivity contribution in [2.24, 2.45) is 0 Å². The van der Waals surface area contributed by atoms with E-state index in [9.17, 15) is 9.00 Å². The molecule has 0 spiro atoms. The highest BCUT2D eigenvalue weighted by atomic mass is 32.2. The summed E-state index contributed by atoms with van der Waals surface area (Å²) in [6, 6.07) is 5.09. The molecule has 1 unspecified atom stereocenters. The van der Waals surface area contributed by atoms with Crippen molar-refractivity contribution in [1.82, 2.24) is 0 Å². The third kappa shape index (κ3) is 4.18. The van der Waals surface area contributed by atoms with E-state index in [2.05, 4.69) is 0 Å². The minimum atomic E-state index is -1.47. The van der Waals surface area contributed by atoms with Crippen LogP contribution in [0.1, 0.15) is 33.3 Å². The van der Waals surface area contributed by atoms with Gasteiger partial charge in [-0.05, 0) is 39.0 Å². The second kappa shape index (κ2) is 6.54. The highest BCUT2D eigenvalue weighted by Gasteiger charge is 2.26. The fraction of sp³-hybridized carbons (Fsp3) is 0.429. The van der Waals surface area contributed by atoms with Gasteiger partial charge in [-0.25, -0.2) is 0 Å². The molecule has 0 saturated carbocycles. The average molecular weight is 313 g/mol. The molecule has 1 N–H and O–H groups in total. The van der Waals surface area contributed by atoms with Crippen LogP contribution < -0.4 is 4.74 Å². The molecule has 0 aliphatic heterocycles. The molecule has 0 aliphatic rings. The number of carbonyl (C=O) groups is 1. The fourth-order valence-electron chi connectivity index (χ4n) is 1.46. The van der Waals surface area contributed by atoms with Crippen molar-refractivity contribution >= 4 is 32.7 Å². The normalized spacial score (nSPS) is 12.8. The van der Waals surface area contributed by atoms with Gasteiger partial charge in [-0.15, -0.1) is 0 Å². The minimum absolute atomic E-state index is 0.0140. The summed E-state index contributed by atoms with van der Waals surface area (Å²) in [5.41, 5.74) is 0.484. The van der Waals surface area contributed by atoms with Crippen molar-refractivity contribution in [1.29, 1.82) is 5.41 Å². The van der Waals surface area contributed by atoms with Gasteiger partial charge in [0.15, 0.2) is 5.12 Å². The predicted molar refractivity (Wildman–Crippen MR) is 84.3 cm³/mol. The van der Waals surface area contributed by atoms with E-state index in [1.165, 1.54) is 14.0 Å². The monoisotopic (exact) mass is 313 g/mol. The molecule has 110 valence electrons. The summed E-state index contributed by atoms with van der Waals surface area (Å²) >= 11 is 1.03. The van der Waals surface area contributed by atoms with Gasteiger partial charge < -0.3 is 4.74 Å². The third-order valence-electron chi connectivity index (χ3n) is 2.43. The fourth-order valence-corrected chi connectivity index (χ4v) is 3.23. The number of thioether (sulfide) groups is 1. The summed E-state index contributed by atoms with van der Waals surface area (Å²) < 4.78 is 17.0. The van der Waals surface area contributed by atoms with E-state index in [0.29, 0.717) is 16.2 Å². The van der Waals surface area contributed by atoms with Gasteiger partial charge in [-0.3, -0.25) is 14.4 Å². The van der Waals surface area contributed by atoms with Gasteiger partial charge >= 0.3 is 0 Å². The first-order valence-electron chi connectivity index (χ1n) is 6.04. The lowest BCUT2D eigenvalue weighted by molar-refractivity contribution is -0.109. The Morgan fingerprint density at radius 2 is 1.95 bits per heavy atom. The van der Waals surface area contributed by atoms with Crippen LogP contribution >= 0.6 is 11.8 Å². The quantitative estimate of drug-likeness (QED) is 0.528. The highest BCUT2D eigenvalue weighted by molar-refractivity contribution is 8.13. The average Bonchev–Trinajstić information content (AvgIpc) is 2.35. The maximum Gasteiger partial charge on any atom is 0.190 e. The number of benzene rings is 1. The van der Waals surface area contributed by atoms with Gasteiger partial charge in [0, 0.05) is 22.1 Å². The lowest BCUT2D eigenvalue weighted by Gasteiger charge is -2.19. The van der Waals surface area contributed by atoms with Crippen LogP contribution in [0.5, 0.6) is 5.75 Å². The molecule has 20 heavy (non-hydrogen) atoms. The first-order valence-corrected chi connectivity index (χ1v) is 8.00. The van der Waals surface area contributed by atoms with Crippen LogP contribution in [0.2, 0.25) is 0 Å². The Labute approximate surface area is 126 Å². The molecule has 1 rings (SSSR count). The van der Waals surface area contributed by atoms with Crippen LogP contribution in [0, 0.1) is 5.41 Å². The lowest BCUT2D eigenvalue weighted by Crippen LogP contribution is -2.28. The zero-order valence-corrected chi connectivity index (χ0v) is 13.9. The van der Waals surface area contributed by atoms with E-state index < -0.39 is 15.5 Å². The minimum Gasteiger partial charge on any atom is -0.497 e. The van der Waals surface area contributed by atoms with Crippen LogP contribution in [0.4, 0.5) is 0 Å². The molecule has 0 aromatic heterocycles. The predicted octanol–water partition coefficient (Wildman–Crippen LogP) is 3.21. The number of hydrogen-bond acceptors (Lipinski definition) is 5. The van der Waals surface area contributed by atoms with Crippen LogP contribution in [0.25, 0.3) is 0 Å². The van der Waals surface area contributed by atoms with E-state index >= 15 is 0 Å². The third-order valence-corrected chi connectivity index (χ3v) is 4.99. The van der Waals surface area contributed by atoms with E-state index in [4.69, 9.17) is 10.1 Å². The second-order valence-electron chi connectivity index (χ2n) is 5.17. The Bertz CT molecular complexity index is 562. The second-order valence-corrected chi connectivity index (χ2v) is 8.56. The van der Waals surface area contributed by atoms with Crippen LogP contribution in [-0.4, -0.2) is 26.2 Å². The van der Waals surface area contributed by atoms with Crippen molar-refractivity contribution < 1.29 is 13.7 Å². The van der Waals surface area contributed by atoms with E-state index in [0.717, 1.165) is 11.8 Å². The SMILES string of the molecule is COc1ccc(SC(C)=O)c(C(=N)S(=O)C(C)(C)C)c1. The first kappa shape index (κ1) is 16.9. The number of nitrogens with one attached hydrogen (secondary N) is 1. The van der Waals surface area contributed by atoms with E-state index in [1.54, 1.807) is 18.2 Å². The largest absolute Gasteiger partial charge is 0.497 e. The maximum atomic E-state index is 12.4. The summed E-state index contributed by atoms with van der Waals surface area (Å²) in [7, 11) is 0.0637. The van der Waals surface area contributed by atoms with Gasteiger partial charge in [0.1, 0.15) is 10.8 Å². The van der Waals surface area contributed by atoms with Crippen molar-refractivity contribution in [2.75, 3.05) is 7.11 Å². The molecule has 1 aromatic carbocycles. The number of hydrogen-bond donors (Lipinski definition) is 1. The molecule has 0 saturated heterocycles. The molecular formula is C14H19NO3S2. The summed E-state index contributed by atoms with van der Waals surface area (Å²) in [5.74, 6) is 0.573. The molecular weight excluding hydrogens is 294 g/mol. The van der Waals surface area contributed by atoms with Gasteiger partial charge in [0.25, 0.3) is 0 Å². The Hall–Kier alpha value is -1.14. The van der Waals surface area contributed by atoms with E-state index in [-0.39, 0.29) is 10.2 Å². The summed E-state index contributed by atoms with van der Waals surface area (Å²) in [6.45, 7) is 6.91. The van der Waals surface area contributed by atoms with Gasteiger partial charge in [-0.1, -0.05) is 11.8 Å². The zero-order chi connectivity index (χ0) is 15.5. The molecule has 1 atom stereocenters. The summed E-state index contributed by atoms with van der Waals surface area (Å²) in [4.78, 5) is 11.9. The molecule has 1 aromatic rings. The Kier molecular flexibility index (Phi) is 5.53. The lowest BCUT2D eigenvalue weighted by atomic mass is 10.2. The van der Waals surface area contributed by atoms with Crippen molar-refractivity contribution in [3.8, 4) is 5.75 Å². The number of ether oxygens (including phenoxy) is 1. The van der Waals surface area contributed by atoms with Crippen molar-refractivity contribution in [3.05, 3.63) is 23.8 Å². The topological polar surface area (TPSA) is 67.2 Å². The number of methoxy groups -OCH3 is 1. The number of carbonyl (C=O) groups excluding carboxylic acids is 1. The standard InChI is InChI=1S/C14H19NO3S2/c1-9(16)19-12-7-6-10(18-5)8-11(12)13(15)20(17)14(2,3)4/h6-8,15H,1-5H3. The molecule has 0 fully saturated rings. The summed E-state index contributed by atoms with van der Waals surface area (Å²) in [6.07, 6.45) is 0. The van der Waals surface area contributed by atoms with Gasteiger partial charge in [0.2, 0.25) is 0 Å². The van der Waals surface area contributed by atoms with Crippen LogP contribution in [0.15, 0.2) is 23.1 Å². The zero-order valence-electron chi connectivity index (χ0n) is 12.3. The Balaban J connectivity index is 3.29. The maximum absolute atomic E-state index is 12.4. The molecule has 0 aliphatic carbocycles. The van der Waals surface area contributed by atoms with Gasteiger partial charge in [-0.2, -0.15) is 0 Å². The Morgan fingerprint density at radius 1 is 1.35 bits per heavy atom. The van der Waals surface area contributed by atoms with Gasteiger partial charge in [0.05, 0.1) is 17.9 Å². The van der Waals surface area contributed by atoms with Crippen LogP contribution in [-0.2, 0) is 15.6 Å². The molecule has 6 heteroatoms. The summed E-state index contributed by atoms with van der Waals surface area (Å²) in [5, 5.41) is 8.10. The number of rotatable bonds is 3. The first-order chi connectivity index (χ1) is 9.16. The van der Waals surface area contributed by atoms with Crippen LogP contribution in [0.3, 0.4) is 0 Å². The Morgan fingerprint density at radius 3 is 2.40 bits per heavy atom. The van der Waals surface area contributed by atoms with Crippen molar-refractivity contribution in [2.45, 2.75) is 37.3 Å². The highest BCUT2D eigenvalue weighted by Crippen LogP contribution is 2.29.